The highest BCUT2D eigenvalue weighted by atomic mass is 35.5. The molecule has 15 heavy (non-hydrogen) atoms. The molecule has 0 saturated heterocycles. The first-order valence-electron chi connectivity index (χ1n) is 4.48. The summed E-state index contributed by atoms with van der Waals surface area (Å²) in [5, 5.41) is 0. The monoisotopic (exact) mass is 235 g/mol. The van der Waals surface area contributed by atoms with E-state index in [1.54, 1.807) is 18.2 Å². The van der Waals surface area contributed by atoms with Crippen molar-refractivity contribution in [2.45, 2.75) is 18.9 Å². The second kappa shape index (κ2) is 4.77. The van der Waals surface area contributed by atoms with Crippen LogP contribution in [0.1, 0.15) is 17.2 Å². The number of halogens is 3. The SMILES string of the molecule is Cl.N[C@H](c1ccc2c(c1)CCO2)C(F)F. The molecule has 1 atom stereocenters. The van der Waals surface area contributed by atoms with Gasteiger partial charge >= 0.3 is 0 Å². The van der Waals surface area contributed by atoms with Crippen molar-refractivity contribution in [1.29, 1.82) is 0 Å². The molecule has 0 aromatic heterocycles. The van der Waals surface area contributed by atoms with Crippen molar-refractivity contribution in [3.63, 3.8) is 0 Å². The van der Waals surface area contributed by atoms with Crippen molar-refractivity contribution >= 4 is 12.4 Å². The Bertz CT molecular complexity index is 346. The van der Waals surface area contributed by atoms with Crippen LogP contribution < -0.4 is 10.5 Å². The third-order valence-corrected chi connectivity index (χ3v) is 2.37. The van der Waals surface area contributed by atoms with Crippen LogP contribution in [0.2, 0.25) is 0 Å². The molecule has 0 amide bonds. The van der Waals surface area contributed by atoms with Crippen LogP contribution >= 0.6 is 12.4 Å². The summed E-state index contributed by atoms with van der Waals surface area (Å²) in [6, 6.07) is 3.82. The predicted molar refractivity (Wildman–Crippen MR) is 55.8 cm³/mol. The van der Waals surface area contributed by atoms with E-state index in [1.807, 2.05) is 0 Å². The first-order chi connectivity index (χ1) is 6.68. The topological polar surface area (TPSA) is 35.2 Å². The van der Waals surface area contributed by atoms with Gasteiger partial charge in [-0.1, -0.05) is 12.1 Å². The second-order valence-electron chi connectivity index (χ2n) is 3.33. The number of benzene rings is 1. The van der Waals surface area contributed by atoms with Gasteiger partial charge in [0.25, 0.3) is 6.43 Å². The van der Waals surface area contributed by atoms with Crippen molar-refractivity contribution < 1.29 is 13.5 Å². The molecule has 0 bridgehead atoms. The van der Waals surface area contributed by atoms with E-state index in [0.29, 0.717) is 12.2 Å². The highest BCUT2D eigenvalue weighted by Crippen LogP contribution is 2.29. The summed E-state index contributed by atoms with van der Waals surface area (Å²) in [6.45, 7) is 0.628. The summed E-state index contributed by atoms with van der Waals surface area (Å²) in [7, 11) is 0. The van der Waals surface area contributed by atoms with Crippen LogP contribution in [0.15, 0.2) is 18.2 Å². The lowest BCUT2D eigenvalue weighted by molar-refractivity contribution is 0.116. The molecule has 2 nitrogen and oxygen atoms in total. The number of hydrogen-bond donors (Lipinski definition) is 1. The largest absolute Gasteiger partial charge is 0.493 e. The van der Waals surface area contributed by atoms with Crippen LogP contribution in [0, 0.1) is 0 Å². The van der Waals surface area contributed by atoms with Gasteiger partial charge in [-0.15, -0.1) is 12.4 Å². The molecule has 0 fully saturated rings. The van der Waals surface area contributed by atoms with Gasteiger partial charge < -0.3 is 10.5 Å². The van der Waals surface area contributed by atoms with Gasteiger partial charge in [-0.25, -0.2) is 8.78 Å². The average molecular weight is 236 g/mol. The number of hydrogen-bond acceptors (Lipinski definition) is 2. The minimum Gasteiger partial charge on any atom is -0.493 e. The third-order valence-electron chi connectivity index (χ3n) is 2.37. The molecule has 5 heteroatoms. The van der Waals surface area contributed by atoms with Crippen molar-refractivity contribution in [1.82, 2.24) is 0 Å². The Morgan fingerprint density at radius 3 is 2.73 bits per heavy atom. The zero-order valence-electron chi connectivity index (χ0n) is 7.95. The lowest BCUT2D eigenvalue weighted by atomic mass is 10.0. The van der Waals surface area contributed by atoms with Gasteiger partial charge in [-0.2, -0.15) is 0 Å². The molecule has 2 N–H and O–H groups in total. The summed E-state index contributed by atoms with van der Waals surface area (Å²) < 4.78 is 29.9. The lowest BCUT2D eigenvalue weighted by Gasteiger charge is -2.11. The van der Waals surface area contributed by atoms with Crippen LogP contribution in [0.5, 0.6) is 5.75 Å². The molecule has 0 unspecified atom stereocenters. The normalized spacial score (nSPS) is 15.5. The maximum Gasteiger partial charge on any atom is 0.257 e. The zero-order chi connectivity index (χ0) is 10.1. The molecule has 0 saturated carbocycles. The van der Waals surface area contributed by atoms with Gasteiger partial charge in [0.15, 0.2) is 0 Å². The Balaban J connectivity index is 0.00000112. The maximum absolute atomic E-state index is 12.3. The number of rotatable bonds is 2. The van der Waals surface area contributed by atoms with E-state index in [9.17, 15) is 8.78 Å². The molecule has 1 aliphatic heterocycles. The highest BCUT2D eigenvalue weighted by Gasteiger charge is 2.20. The van der Waals surface area contributed by atoms with Gasteiger partial charge in [-0.05, 0) is 17.2 Å². The summed E-state index contributed by atoms with van der Waals surface area (Å²) in [4.78, 5) is 0. The maximum atomic E-state index is 12.3. The molecular weight excluding hydrogens is 224 g/mol. The highest BCUT2D eigenvalue weighted by molar-refractivity contribution is 5.85. The van der Waals surface area contributed by atoms with E-state index in [0.717, 1.165) is 17.7 Å². The number of nitrogens with two attached hydrogens (primary N) is 1. The average Bonchev–Trinajstić information content (AvgIpc) is 2.62. The summed E-state index contributed by atoms with van der Waals surface area (Å²) >= 11 is 0. The van der Waals surface area contributed by atoms with Crippen LogP contribution in [-0.2, 0) is 6.42 Å². The smallest absolute Gasteiger partial charge is 0.257 e. The first kappa shape index (κ1) is 12.2. The van der Waals surface area contributed by atoms with Crippen LogP contribution in [0.3, 0.4) is 0 Å². The second-order valence-corrected chi connectivity index (χ2v) is 3.33. The number of ether oxygens (including phenoxy) is 1. The first-order valence-corrected chi connectivity index (χ1v) is 4.48. The van der Waals surface area contributed by atoms with Crippen LogP contribution in [0.25, 0.3) is 0 Å². The molecule has 1 aliphatic rings. The molecule has 1 heterocycles. The molecule has 0 aliphatic carbocycles. The summed E-state index contributed by atoms with van der Waals surface area (Å²) in [5.41, 5.74) is 6.79. The van der Waals surface area contributed by atoms with Crippen molar-refractivity contribution in [2.75, 3.05) is 6.61 Å². The van der Waals surface area contributed by atoms with Gasteiger partial charge in [0.2, 0.25) is 0 Å². The summed E-state index contributed by atoms with van der Waals surface area (Å²) in [6.07, 6.45) is -1.74. The molecule has 84 valence electrons. The van der Waals surface area contributed by atoms with Crippen LogP contribution in [-0.4, -0.2) is 13.0 Å². The van der Waals surface area contributed by atoms with Gasteiger partial charge in [0.1, 0.15) is 5.75 Å². The van der Waals surface area contributed by atoms with Gasteiger partial charge in [0.05, 0.1) is 12.6 Å². The van der Waals surface area contributed by atoms with Crippen molar-refractivity contribution in [2.24, 2.45) is 5.73 Å². The fraction of sp³-hybridized carbons (Fsp3) is 0.400. The Kier molecular flexibility index (Phi) is 3.88. The Labute approximate surface area is 92.8 Å². The number of alkyl halides is 2. The van der Waals surface area contributed by atoms with E-state index in [-0.39, 0.29) is 12.4 Å². The van der Waals surface area contributed by atoms with Crippen molar-refractivity contribution in [3.8, 4) is 5.75 Å². The molecule has 0 spiro atoms. The number of fused-ring (bicyclic) bond motifs is 1. The Morgan fingerprint density at radius 2 is 2.07 bits per heavy atom. The Hall–Kier alpha value is -0.870. The van der Waals surface area contributed by atoms with Gasteiger partial charge in [0, 0.05) is 6.42 Å². The minimum absolute atomic E-state index is 0. The molecule has 2 rings (SSSR count). The third kappa shape index (κ3) is 2.38. The fourth-order valence-corrected chi connectivity index (χ4v) is 1.56. The minimum atomic E-state index is -2.52. The summed E-state index contributed by atoms with van der Waals surface area (Å²) in [5.74, 6) is 0.787. The zero-order valence-corrected chi connectivity index (χ0v) is 8.77. The van der Waals surface area contributed by atoms with E-state index in [1.165, 1.54) is 0 Å². The molecule has 1 aromatic rings. The molecular formula is C10H12ClF2NO. The van der Waals surface area contributed by atoms with Crippen molar-refractivity contribution in [3.05, 3.63) is 29.3 Å². The van der Waals surface area contributed by atoms with E-state index in [4.69, 9.17) is 10.5 Å². The molecule has 1 aromatic carbocycles. The predicted octanol–water partition coefficient (Wildman–Crippen LogP) is 2.31. The van der Waals surface area contributed by atoms with E-state index in [2.05, 4.69) is 0 Å². The Morgan fingerprint density at radius 1 is 1.33 bits per heavy atom. The quantitative estimate of drug-likeness (QED) is 0.854. The van der Waals surface area contributed by atoms with E-state index < -0.39 is 12.5 Å². The molecule has 0 radical (unpaired) electrons. The standard InChI is InChI=1S/C10H11F2NO.ClH/c11-10(12)9(13)7-1-2-8-6(5-7)3-4-14-8;/h1-2,5,9-10H,3-4,13H2;1H/t9-;/m1./s1. The lowest BCUT2D eigenvalue weighted by Crippen LogP contribution is -2.18. The fourth-order valence-electron chi connectivity index (χ4n) is 1.56. The van der Waals surface area contributed by atoms with Gasteiger partial charge in [-0.3, -0.25) is 0 Å². The van der Waals surface area contributed by atoms with E-state index >= 15 is 0 Å². The van der Waals surface area contributed by atoms with Crippen LogP contribution in [0.4, 0.5) is 8.78 Å².